The molecule has 0 saturated heterocycles. The Hall–Kier alpha value is -3.65. The van der Waals surface area contributed by atoms with Crippen LogP contribution in [0.2, 0.25) is 5.02 Å². The van der Waals surface area contributed by atoms with Gasteiger partial charge in [-0.05, 0) is 68.2 Å². The van der Waals surface area contributed by atoms with Crippen LogP contribution in [0.5, 0.6) is 0 Å². The van der Waals surface area contributed by atoms with Crippen molar-refractivity contribution in [2.24, 2.45) is 5.92 Å². The number of aromatic nitrogens is 5. The summed E-state index contributed by atoms with van der Waals surface area (Å²) >= 11 is 6.70. The van der Waals surface area contributed by atoms with E-state index in [9.17, 15) is 4.79 Å². The minimum Gasteiger partial charge on any atom is -0.444 e. The lowest BCUT2D eigenvalue weighted by Gasteiger charge is -2.33. The average molecular weight is 505 g/mol. The monoisotopic (exact) mass is 504 g/mol. The number of hydrogen-bond donors (Lipinski definition) is 0. The molecule has 0 bridgehead atoms. The largest absolute Gasteiger partial charge is 0.444 e. The Bertz CT molecular complexity index is 1430. The molecule has 4 aromatic rings. The molecule has 0 radical (unpaired) electrons. The van der Waals surface area contributed by atoms with Crippen LogP contribution in [0.15, 0.2) is 61.5 Å². The maximum absolute atomic E-state index is 12.5. The molecule has 1 amide bonds. The molecule has 0 saturated carbocycles. The number of nitrogens with zero attached hydrogens (tertiary/aromatic N) is 6. The van der Waals surface area contributed by atoms with Gasteiger partial charge in [-0.3, -0.25) is 4.98 Å². The third kappa shape index (κ3) is 4.99. The zero-order valence-corrected chi connectivity index (χ0v) is 21.6. The standard InChI is InChI=1S/C27H29ClN6O2/c1-18-14-33(26(35)36-27(2,3)4)10-8-22(18)20-12-23(28)24(30-13-20)15-32-9-7-19-11-21(5-6-25(19)32)34-17-29-16-31-34/h5-9,11-13,16-18H,10,14-15H2,1-4H3. The van der Waals surface area contributed by atoms with Gasteiger partial charge in [0, 0.05) is 36.4 Å². The Labute approximate surface area is 215 Å². The molecule has 1 aromatic carbocycles. The van der Waals surface area contributed by atoms with Crippen LogP contribution in [-0.2, 0) is 11.3 Å². The van der Waals surface area contributed by atoms with E-state index in [1.54, 1.807) is 15.9 Å². The first-order valence-corrected chi connectivity index (χ1v) is 12.3. The van der Waals surface area contributed by atoms with Crippen LogP contribution in [0.25, 0.3) is 22.2 Å². The smallest absolute Gasteiger partial charge is 0.410 e. The van der Waals surface area contributed by atoms with Gasteiger partial charge in [-0.2, -0.15) is 5.10 Å². The third-order valence-corrected chi connectivity index (χ3v) is 6.54. The number of carbonyl (C=O) groups excluding carboxylic acids is 1. The number of fused-ring (bicyclic) bond motifs is 1. The Morgan fingerprint density at radius 1 is 1.22 bits per heavy atom. The van der Waals surface area contributed by atoms with Crippen LogP contribution >= 0.6 is 11.6 Å². The van der Waals surface area contributed by atoms with Gasteiger partial charge >= 0.3 is 6.09 Å². The summed E-state index contributed by atoms with van der Waals surface area (Å²) in [6.07, 6.45) is 8.90. The molecule has 1 aliphatic rings. The fourth-order valence-electron chi connectivity index (χ4n) is 4.50. The molecule has 186 valence electrons. The number of amides is 1. The normalized spacial score (nSPS) is 16.3. The van der Waals surface area contributed by atoms with Crippen molar-refractivity contribution in [3.63, 3.8) is 0 Å². The second-order valence-electron chi connectivity index (χ2n) is 10.1. The Morgan fingerprint density at radius 2 is 2.06 bits per heavy atom. The van der Waals surface area contributed by atoms with Crippen molar-refractivity contribution in [2.45, 2.75) is 39.8 Å². The highest BCUT2D eigenvalue weighted by Crippen LogP contribution is 2.31. The molecule has 0 fully saturated rings. The topological polar surface area (TPSA) is 78.1 Å². The van der Waals surface area contributed by atoms with Gasteiger partial charge in [0.2, 0.25) is 0 Å². The lowest BCUT2D eigenvalue weighted by Crippen LogP contribution is -2.41. The zero-order chi connectivity index (χ0) is 25.4. The summed E-state index contributed by atoms with van der Waals surface area (Å²) < 4.78 is 9.39. The first kappa shape index (κ1) is 24.1. The number of hydrogen-bond acceptors (Lipinski definition) is 5. The zero-order valence-electron chi connectivity index (χ0n) is 20.8. The highest BCUT2D eigenvalue weighted by molar-refractivity contribution is 6.31. The molecule has 3 aromatic heterocycles. The fourth-order valence-corrected chi connectivity index (χ4v) is 4.73. The van der Waals surface area contributed by atoms with Crippen molar-refractivity contribution in [1.29, 1.82) is 0 Å². The number of benzene rings is 1. The molecule has 0 spiro atoms. The number of halogens is 1. The van der Waals surface area contributed by atoms with Crippen molar-refractivity contribution < 1.29 is 9.53 Å². The fraction of sp³-hybridized carbons (Fsp3) is 0.333. The quantitative estimate of drug-likeness (QED) is 0.362. The van der Waals surface area contributed by atoms with E-state index in [1.165, 1.54) is 6.33 Å². The summed E-state index contributed by atoms with van der Waals surface area (Å²) in [6.45, 7) is 9.38. The lowest BCUT2D eigenvalue weighted by atomic mass is 9.91. The van der Waals surface area contributed by atoms with Gasteiger partial charge in [-0.25, -0.2) is 14.5 Å². The molecule has 9 heteroatoms. The lowest BCUT2D eigenvalue weighted by molar-refractivity contribution is 0.0252. The summed E-state index contributed by atoms with van der Waals surface area (Å²) in [7, 11) is 0. The molecule has 0 aliphatic carbocycles. The van der Waals surface area contributed by atoms with Crippen molar-refractivity contribution >= 4 is 34.2 Å². The van der Waals surface area contributed by atoms with E-state index < -0.39 is 5.60 Å². The molecule has 36 heavy (non-hydrogen) atoms. The predicted octanol–water partition coefficient (Wildman–Crippen LogP) is 5.59. The first-order chi connectivity index (χ1) is 17.2. The Kier molecular flexibility index (Phi) is 6.30. The van der Waals surface area contributed by atoms with Gasteiger partial charge in [0.25, 0.3) is 0 Å². The van der Waals surface area contributed by atoms with Crippen molar-refractivity contribution in [1.82, 2.24) is 29.2 Å². The van der Waals surface area contributed by atoms with Crippen molar-refractivity contribution in [3.8, 4) is 5.69 Å². The van der Waals surface area contributed by atoms with E-state index in [0.717, 1.165) is 33.4 Å². The summed E-state index contributed by atoms with van der Waals surface area (Å²) in [5.74, 6) is 0.141. The summed E-state index contributed by atoms with van der Waals surface area (Å²) in [4.78, 5) is 22.9. The van der Waals surface area contributed by atoms with Gasteiger partial charge in [0.05, 0.1) is 22.9 Å². The van der Waals surface area contributed by atoms with E-state index in [4.69, 9.17) is 21.3 Å². The second-order valence-corrected chi connectivity index (χ2v) is 10.5. The third-order valence-electron chi connectivity index (χ3n) is 6.22. The molecule has 1 aliphatic heterocycles. The van der Waals surface area contributed by atoms with Crippen molar-refractivity contribution in [3.05, 3.63) is 77.7 Å². The minimum atomic E-state index is -0.512. The summed E-state index contributed by atoms with van der Waals surface area (Å²) in [5, 5.41) is 5.92. The van der Waals surface area contributed by atoms with Gasteiger partial charge in [-0.15, -0.1) is 0 Å². The predicted molar refractivity (Wildman–Crippen MR) is 140 cm³/mol. The van der Waals surface area contributed by atoms with E-state index in [0.29, 0.717) is 24.7 Å². The highest BCUT2D eigenvalue weighted by Gasteiger charge is 2.27. The number of carbonyl (C=O) groups is 1. The summed E-state index contributed by atoms with van der Waals surface area (Å²) in [6, 6.07) is 10.2. The first-order valence-electron chi connectivity index (χ1n) is 11.9. The Morgan fingerprint density at radius 3 is 2.75 bits per heavy atom. The van der Waals surface area contributed by atoms with Crippen LogP contribution in [0.1, 0.15) is 39.0 Å². The number of ether oxygens (including phenoxy) is 1. The van der Waals surface area contributed by atoms with Crippen molar-refractivity contribution in [2.75, 3.05) is 13.1 Å². The molecule has 1 atom stereocenters. The second kappa shape index (κ2) is 9.43. The molecular weight excluding hydrogens is 476 g/mol. The van der Waals surface area contributed by atoms with Gasteiger partial charge in [-0.1, -0.05) is 24.6 Å². The molecular formula is C27H29ClN6O2. The van der Waals surface area contributed by atoms with Gasteiger partial charge in [0.1, 0.15) is 18.3 Å². The number of rotatable bonds is 4. The van der Waals surface area contributed by atoms with Gasteiger partial charge in [0.15, 0.2) is 0 Å². The van der Waals surface area contributed by atoms with E-state index in [2.05, 4.69) is 45.8 Å². The maximum atomic E-state index is 12.5. The minimum absolute atomic E-state index is 0.141. The highest BCUT2D eigenvalue weighted by atomic mass is 35.5. The Balaban J connectivity index is 1.32. The number of pyridine rings is 1. The summed E-state index contributed by atoms with van der Waals surface area (Å²) in [5.41, 5.74) is 4.46. The molecule has 4 heterocycles. The maximum Gasteiger partial charge on any atom is 0.410 e. The van der Waals surface area contributed by atoms with Crippen LogP contribution < -0.4 is 0 Å². The van der Waals surface area contributed by atoms with Crippen LogP contribution in [0.3, 0.4) is 0 Å². The molecule has 8 nitrogen and oxygen atoms in total. The molecule has 5 rings (SSSR count). The van der Waals surface area contributed by atoms with E-state index >= 15 is 0 Å². The molecule has 1 unspecified atom stereocenters. The SMILES string of the molecule is CC1CN(C(=O)OC(C)(C)C)CC=C1c1cnc(Cn2ccc3cc(-n4cncn4)ccc32)c(Cl)c1. The van der Waals surface area contributed by atoms with Crippen LogP contribution in [-0.4, -0.2) is 54.0 Å². The van der Waals surface area contributed by atoms with Gasteiger partial charge < -0.3 is 14.2 Å². The van der Waals surface area contributed by atoms with E-state index in [1.807, 2.05) is 45.3 Å². The average Bonchev–Trinajstić information content (AvgIpc) is 3.49. The molecule has 0 N–H and O–H groups in total. The van der Waals surface area contributed by atoms with Crippen LogP contribution in [0, 0.1) is 5.92 Å². The van der Waals surface area contributed by atoms with E-state index in [-0.39, 0.29) is 12.0 Å². The van der Waals surface area contributed by atoms with Crippen LogP contribution in [0.4, 0.5) is 4.79 Å².